The monoisotopic (exact) mass is 412 g/mol. The highest BCUT2D eigenvalue weighted by Crippen LogP contribution is 2.53. The molecule has 0 spiro atoms. The van der Waals surface area contributed by atoms with Crippen molar-refractivity contribution in [3.05, 3.63) is 29.3 Å². The van der Waals surface area contributed by atoms with Gasteiger partial charge in [-0.15, -0.1) is 0 Å². The normalized spacial score (nSPS) is 13.9. The fourth-order valence-corrected chi connectivity index (χ4v) is 4.99. The van der Waals surface area contributed by atoms with E-state index in [0.717, 1.165) is 5.56 Å². The van der Waals surface area contributed by atoms with Crippen LogP contribution < -0.4 is 10.2 Å². The second-order valence-electron chi connectivity index (χ2n) is 7.94. The molecule has 0 saturated heterocycles. The van der Waals surface area contributed by atoms with Crippen molar-refractivity contribution in [2.75, 3.05) is 13.2 Å². The summed E-state index contributed by atoms with van der Waals surface area (Å²) in [5.74, 6) is 0.601. The molecule has 6 nitrogen and oxygen atoms in total. The SMILES string of the molecule is CCOP(=O)(Cc1ccc(C(N)C#N)cc1O[Si](C)(C)C(C)(C)C)OCC. The zero-order valence-electron chi connectivity index (χ0n) is 17.5. The minimum absolute atomic E-state index is 0.0127. The Morgan fingerprint density at radius 1 is 1.22 bits per heavy atom. The molecule has 1 atom stereocenters. The summed E-state index contributed by atoms with van der Waals surface area (Å²) in [4.78, 5) is 0. The number of hydrogen-bond donors (Lipinski definition) is 1. The second kappa shape index (κ2) is 9.36. The fraction of sp³-hybridized carbons (Fsp3) is 0.632. The van der Waals surface area contributed by atoms with Gasteiger partial charge in [0.1, 0.15) is 11.8 Å². The second-order valence-corrected chi connectivity index (χ2v) is 14.7. The van der Waals surface area contributed by atoms with Crippen LogP contribution in [0.4, 0.5) is 0 Å². The highest BCUT2D eigenvalue weighted by molar-refractivity contribution is 7.53. The van der Waals surface area contributed by atoms with E-state index in [1.54, 1.807) is 32.0 Å². The molecule has 0 amide bonds. The van der Waals surface area contributed by atoms with Gasteiger partial charge in [0.15, 0.2) is 0 Å². The van der Waals surface area contributed by atoms with Crippen LogP contribution in [-0.2, 0) is 19.8 Å². The Labute approximate surface area is 164 Å². The lowest BCUT2D eigenvalue weighted by Gasteiger charge is -2.37. The zero-order valence-corrected chi connectivity index (χ0v) is 19.4. The zero-order chi connectivity index (χ0) is 20.9. The summed E-state index contributed by atoms with van der Waals surface area (Å²) in [6, 6.07) is 6.65. The molecule has 0 aliphatic heterocycles. The van der Waals surface area contributed by atoms with Gasteiger partial charge < -0.3 is 19.2 Å². The first kappa shape index (κ1) is 23.9. The summed E-state index contributed by atoms with van der Waals surface area (Å²) in [6.07, 6.45) is 0.112. The molecule has 1 unspecified atom stereocenters. The maximum absolute atomic E-state index is 13.0. The van der Waals surface area contributed by atoms with E-state index in [0.29, 0.717) is 24.5 Å². The lowest BCUT2D eigenvalue weighted by atomic mass is 10.1. The number of benzene rings is 1. The topological polar surface area (TPSA) is 94.6 Å². The Bertz CT molecular complexity index is 715. The van der Waals surface area contributed by atoms with Crippen molar-refractivity contribution < 1.29 is 18.0 Å². The van der Waals surface area contributed by atoms with E-state index in [2.05, 4.69) is 33.9 Å². The van der Waals surface area contributed by atoms with E-state index >= 15 is 0 Å². The Kier molecular flexibility index (Phi) is 8.27. The summed E-state index contributed by atoms with van der Waals surface area (Å²) in [6.45, 7) is 14.9. The van der Waals surface area contributed by atoms with Crippen molar-refractivity contribution in [1.29, 1.82) is 5.26 Å². The van der Waals surface area contributed by atoms with E-state index in [-0.39, 0.29) is 11.2 Å². The quantitative estimate of drug-likeness (QED) is 0.433. The van der Waals surface area contributed by atoms with Gasteiger partial charge in [0.25, 0.3) is 0 Å². The summed E-state index contributed by atoms with van der Waals surface area (Å²) in [5.41, 5.74) is 7.28. The lowest BCUT2D eigenvalue weighted by molar-refractivity contribution is 0.219. The first-order chi connectivity index (χ1) is 12.4. The predicted octanol–water partition coefficient (Wildman–Crippen LogP) is 5.36. The maximum atomic E-state index is 13.0. The number of nitrogens with two attached hydrogens (primary N) is 1. The Morgan fingerprint density at radius 2 is 1.78 bits per heavy atom. The van der Waals surface area contributed by atoms with E-state index in [1.165, 1.54) is 0 Å². The van der Waals surface area contributed by atoms with E-state index in [9.17, 15) is 4.57 Å². The van der Waals surface area contributed by atoms with Gasteiger partial charge in [-0.1, -0.05) is 32.9 Å². The third-order valence-corrected chi connectivity index (χ3v) is 11.2. The van der Waals surface area contributed by atoms with E-state index in [1.807, 2.05) is 6.07 Å². The minimum Gasteiger partial charge on any atom is -0.543 e. The van der Waals surface area contributed by atoms with Gasteiger partial charge in [-0.05, 0) is 43.6 Å². The first-order valence-corrected chi connectivity index (χ1v) is 13.9. The smallest absolute Gasteiger partial charge is 0.335 e. The van der Waals surface area contributed by atoms with Crippen LogP contribution in [0.1, 0.15) is 51.8 Å². The molecule has 27 heavy (non-hydrogen) atoms. The number of nitrogens with zero attached hydrogens (tertiary/aromatic N) is 1. The van der Waals surface area contributed by atoms with Crippen molar-refractivity contribution >= 4 is 15.9 Å². The molecule has 1 aromatic rings. The van der Waals surface area contributed by atoms with Gasteiger partial charge in [-0.25, -0.2) is 0 Å². The maximum Gasteiger partial charge on any atom is 0.335 e. The molecule has 1 rings (SSSR count). The van der Waals surface area contributed by atoms with E-state index < -0.39 is 22.0 Å². The van der Waals surface area contributed by atoms with Gasteiger partial charge in [-0.3, -0.25) is 4.57 Å². The third kappa shape index (κ3) is 6.44. The minimum atomic E-state index is -3.28. The average Bonchev–Trinajstić information content (AvgIpc) is 2.54. The fourth-order valence-electron chi connectivity index (χ4n) is 2.22. The van der Waals surface area contributed by atoms with Crippen molar-refractivity contribution in [2.24, 2.45) is 5.73 Å². The Morgan fingerprint density at radius 3 is 2.22 bits per heavy atom. The molecule has 0 aliphatic carbocycles. The summed E-state index contributed by atoms with van der Waals surface area (Å²) >= 11 is 0. The van der Waals surface area contributed by atoms with Gasteiger partial charge in [0.2, 0.25) is 8.32 Å². The van der Waals surface area contributed by atoms with Crippen molar-refractivity contribution in [3.8, 4) is 11.8 Å². The molecule has 0 fully saturated rings. The molecule has 0 heterocycles. The summed E-state index contributed by atoms with van der Waals surface area (Å²) in [7, 11) is -5.43. The van der Waals surface area contributed by atoms with Gasteiger partial charge in [0.05, 0.1) is 25.4 Å². The number of hydrogen-bond acceptors (Lipinski definition) is 6. The molecule has 0 bridgehead atoms. The van der Waals surface area contributed by atoms with Gasteiger partial charge in [0, 0.05) is 5.56 Å². The molecule has 152 valence electrons. The summed E-state index contributed by atoms with van der Waals surface area (Å²) < 4.78 is 30.4. The highest BCUT2D eigenvalue weighted by Gasteiger charge is 2.40. The van der Waals surface area contributed by atoms with Crippen LogP contribution in [0.3, 0.4) is 0 Å². The number of nitriles is 1. The van der Waals surface area contributed by atoms with Crippen molar-refractivity contribution in [1.82, 2.24) is 0 Å². The molecule has 0 saturated carbocycles. The average molecular weight is 413 g/mol. The molecular weight excluding hydrogens is 379 g/mol. The van der Waals surface area contributed by atoms with Gasteiger partial charge >= 0.3 is 7.60 Å². The van der Waals surface area contributed by atoms with Crippen LogP contribution in [0.25, 0.3) is 0 Å². The van der Waals surface area contributed by atoms with Crippen LogP contribution in [0, 0.1) is 11.3 Å². The lowest BCUT2D eigenvalue weighted by Crippen LogP contribution is -2.44. The van der Waals surface area contributed by atoms with Crippen LogP contribution in [-0.4, -0.2) is 21.5 Å². The standard InChI is InChI=1S/C19H33N2O4PSi/c1-8-23-26(22,24-9-2)14-16-11-10-15(17(21)13-20)12-18(16)25-27(6,7)19(3,4)5/h10-12,17H,8-9,14,21H2,1-7H3. The van der Waals surface area contributed by atoms with Crippen LogP contribution in [0.5, 0.6) is 5.75 Å². The summed E-state index contributed by atoms with van der Waals surface area (Å²) in [5, 5.41) is 9.13. The van der Waals surface area contributed by atoms with E-state index in [4.69, 9.17) is 24.5 Å². The van der Waals surface area contributed by atoms with Crippen LogP contribution >= 0.6 is 7.60 Å². The van der Waals surface area contributed by atoms with Crippen molar-refractivity contribution in [3.63, 3.8) is 0 Å². The Balaban J connectivity index is 3.38. The first-order valence-electron chi connectivity index (χ1n) is 9.24. The van der Waals surface area contributed by atoms with Crippen LogP contribution in [0.15, 0.2) is 18.2 Å². The highest BCUT2D eigenvalue weighted by atomic mass is 31.2. The molecule has 1 aromatic carbocycles. The molecular formula is C19H33N2O4PSi. The third-order valence-electron chi connectivity index (χ3n) is 4.78. The largest absolute Gasteiger partial charge is 0.543 e. The molecule has 2 N–H and O–H groups in total. The van der Waals surface area contributed by atoms with Crippen LogP contribution in [0.2, 0.25) is 18.1 Å². The van der Waals surface area contributed by atoms with Crippen molar-refractivity contribution in [2.45, 2.75) is 65.0 Å². The molecule has 0 aromatic heterocycles. The molecule has 0 aliphatic rings. The van der Waals surface area contributed by atoms with Gasteiger partial charge in [-0.2, -0.15) is 5.26 Å². The number of rotatable bonds is 9. The Hall–Kier alpha value is -1.16. The molecule has 8 heteroatoms. The predicted molar refractivity (Wildman–Crippen MR) is 111 cm³/mol. The molecule has 0 radical (unpaired) electrons.